The Morgan fingerprint density at radius 2 is 0.523 bits per heavy atom. The fourth-order valence-corrected chi connectivity index (χ4v) is 18.3. The SMILES string of the molecule is CCC(OC)(C(=O)O)c1ccc(P(O)(O)(OCCOCCOCCOP(O)(O)(c2ccc(C(CC)(OC)C(=O)O)cc2C(C)(C)C)c2ccc(C(CC)(OC)C(=O)O)cc2C(C)(C)C)c2ccc(C(CC)(OC)C(=O)O)cc2C(C)(C)C)c(C(C)(C)C)c1. The minimum atomic E-state index is -5.96. The molecule has 494 valence electrons. The number of rotatable bonds is 31. The summed E-state index contributed by atoms with van der Waals surface area (Å²) >= 11 is 0. The summed E-state index contributed by atoms with van der Waals surface area (Å²) < 4.78 is 47.6. The number of aliphatic carboxylic acids is 4. The summed E-state index contributed by atoms with van der Waals surface area (Å²) in [5, 5.41) is 41.9. The molecular weight excluding hydrogens is 1170 g/mol. The number of carboxylic acids is 4. The van der Waals surface area contributed by atoms with Gasteiger partial charge < -0.3 is 0 Å². The molecular formula is C66H100O20P2. The van der Waals surface area contributed by atoms with Crippen LogP contribution >= 0.6 is 14.6 Å². The van der Waals surface area contributed by atoms with Gasteiger partial charge in [0.15, 0.2) is 0 Å². The zero-order valence-corrected chi connectivity index (χ0v) is 57.2. The van der Waals surface area contributed by atoms with E-state index in [1.54, 1.807) is 52.0 Å². The quantitative estimate of drug-likeness (QED) is 0.0172. The van der Waals surface area contributed by atoms with E-state index in [-0.39, 0.29) is 95.6 Å². The second-order valence-electron chi connectivity index (χ2n) is 26.5. The van der Waals surface area contributed by atoms with Gasteiger partial charge in [-0.05, 0) is 0 Å². The van der Waals surface area contributed by atoms with Crippen molar-refractivity contribution in [1.82, 2.24) is 0 Å². The standard InChI is InChI=1S/C66H100O20P2/c1-21-63(79-17,55(67)68)43-25-29-51(47(39-43)59(5,6)7)87(75,76,52-30-26-44(40-48(52)60(8,9)10)64(22-2,80-18)56(69)70)85-37-35-83-33-34-84-36-38-86-88(77,78,53-31-27-45(41-49(53)61(11,12)13)65(23-3,81-19)57(71)72)54-32-28-46(42-50(54)62(14,15)16)66(24-4,82-20)58(73)74/h25-32,39-42,75-78H,21-24,33-38H2,1-20H3,(H,67,68)(H,69,70)(H,71,72)(H,73,74). The van der Waals surface area contributed by atoms with Gasteiger partial charge >= 0.3 is 522 Å². The van der Waals surface area contributed by atoms with Crippen LogP contribution in [0.1, 0.15) is 181 Å². The predicted octanol–water partition coefficient (Wildman–Crippen LogP) is 9.46. The van der Waals surface area contributed by atoms with Crippen molar-refractivity contribution in [3.05, 3.63) is 117 Å². The fraction of sp³-hybridized carbons (Fsp3) is 0.576. The van der Waals surface area contributed by atoms with E-state index >= 15 is 0 Å². The third-order valence-electron chi connectivity index (χ3n) is 17.1. The number of hydrogen-bond acceptors (Lipinski definition) is 16. The molecule has 0 saturated carbocycles. The van der Waals surface area contributed by atoms with Gasteiger partial charge in [0.1, 0.15) is 0 Å². The molecule has 0 spiro atoms. The van der Waals surface area contributed by atoms with Gasteiger partial charge in [0.25, 0.3) is 0 Å². The van der Waals surface area contributed by atoms with Crippen molar-refractivity contribution >= 4 is 59.7 Å². The topological polar surface area (TPSA) is 304 Å². The van der Waals surface area contributed by atoms with Gasteiger partial charge in [0.05, 0.1) is 0 Å². The summed E-state index contributed by atoms with van der Waals surface area (Å²) in [6.45, 7) is 27.3. The molecule has 0 aliphatic heterocycles. The molecule has 8 N–H and O–H groups in total. The van der Waals surface area contributed by atoms with Crippen LogP contribution < -0.4 is 21.2 Å². The number of hydrogen-bond donors (Lipinski definition) is 8. The first-order valence-electron chi connectivity index (χ1n) is 29.6. The normalized spacial score (nSPS) is 16.6. The molecule has 0 amide bonds. The Balaban J connectivity index is 1.80. The van der Waals surface area contributed by atoms with Crippen molar-refractivity contribution in [2.45, 2.75) is 181 Å². The van der Waals surface area contributed by atoms with Gasteiger partial charge in [-0.2, -0.15) is 0 Å². The molecule has 4 aromatic rings. The Kier molecular flexibility index (Phi) is 23.3. The molecule has 0 radical (unpaired) electrons. The summed E-state index contributed by atoms with van der Waals surface area (Å²) in [7, 11) is -6.74. The summed E-state index contributed by atoms with van der Waals surface area (Å²) in [5.41, 5.74) is -8.25. The van der Waals surface area contributed by atoms with E-state index in [1.807, 2.05) is 83.1 Å². The average molecular weight is 1280 g/mol. The fourth-order valence-electron chi connectivity index (χ4n) is 11.7. The zero-order valence-electron chi connectivity index (χ0n) is 55.4. The van der Waals surface area contributed by atoms with Gasteiger partial charge in [0, 0.05) is 0 Å². The van der Waals surface area contributed by atoms with E-state index in [9.17, 15) is 59.2 Å². The molecule has 0 aromatic heterocycles. The summed E-state index contributed by atoms with van der Waals surface area (Å²) in [4.78, 5) is 106. The van der Waals surface area contributed by atoms with Gasteiger partial charge in [0.2, 0.25) is 0 Å². The number of carbonyl (C=O) groups is 4. The summed E-state index contributed by atoms with van der Waals surface area (Å²) in [5.74, 6) is -4.97. The first kappa shape index (κ1) is 75.6. The molecule has 0 aliphatic rings. The Hall–Kier alpha value is -4.86. The zero-order chi connectivity index (χ0) is 67.3. The molecule has 0 fully saturated rings. The van der Waals surface area contributed by atoms with Crippen LogP contribution in [0, 0.1) is 0 Å². The monoisotopic (exact) mass is 1270 g/mol. The third kappa shape index (κ3) is 14.1. The Labute approximate surface area is 520 Å². The van der Waals surface area contributed by atoms with E-state index in [0.29, 0.717) is 22.3 Å². The van der Waals surface area contributed by atoms with Crippen LogP contribution in [0.25, 0.3) is 0 Å². The van der Waals surface area contributed by atoms with Crippen LogP contribution in [0.2, 0.25) is 0 Å². The summed E-state index contributed by atoms with van der Waals surface area (Å²) in [6.07, 6.45) is 0.154. The van der Waals surface area contributed by atoms with E-state index in [1.165, 1.54) is 77.0 Å². The Morgan fingerprint density at radius 1 is 0.341 bits per heavy atom. The molecule has 0 aliphatic carbocycles. The molecule has 22 heteroatoms. The minimum absolute atomic E-state index is 0.0308. The van der Waals surface area contributed by atoms with Crippen LogP contribution in [0.4, 0.5) is 0 Å². The molecule has 20 nitrogen and oxygen atoms in total. The van der Waals surface area contributed by atoms with Crippen molar-refractivity contribution in [3.8, 4) is 0 Å². The molecule has 0 saturated heterocycles. The number of methoxy groups -OCH3 is 4. The van der Waals surface area contributed by atoms with Crippen molar-refractivity contribution in [3.63, 3.8) is 0 Å². The Morgan fingerprint density at radius 3 is 0.670 bits per heavy atom. The second-order valence-corrected chi connectivity index (χ2v) is 32.7. The van der Waals surface area contributed by atoms with E-state index in [2.05, 4.69) is 0 Å². The van der Waals surface area contributed by atoms with Crippen LogP contribution in [0.3, 0.4) is 0 Å². The summed E-state index contributed by atoms with van der Waals surface area (Å²) in [6, 6.07) is 18.1. The molecule has 0 heterocycles. The maximum absolute atomic E-state index is 13.6. The van der Waals surface area contributed by atoms with Crippen LogP contribution in [0.5, 0.6) is 0 Å². The molecule has 0 bridgehead atoms. The van der Waals surface area contributed by atoms with Gasteiger partial charge in [-0.3, -0.25) is 0 Å². The van der Waals surface area contributed by atoms with Crippen molar-refractivity contribution in [2.24, 2.45) is 0 Å². The van der Waals surface area contributed by atoms with Crippen molar-refractivity contribution in [1.29, 1.82) is 0 Å². The van der Waals surface area contributed by atoms with Crippen LogP contribution in [0.15, 0.2) is 72.8 Å². The first-order valence-corrected chi connectivity index (χ1v) is 33.8. The maximum atomic E-state index is 13.6. The van der Waals surface area contributed by atoms with E-state index in [4.69, 9.17) is 37.5 Å². The predicted molar refractivity (Wildman–Crippen MR) is 342 cm³/mol. The number of benzene rings is 4. The molecule has 88 heavy (non-hydrogen) atoms. The van der Waals surface area contributed by atoms with Crippen molar-refractivity contribution in [2.75, 3.05) is 68.1 Å². The first-order chi connectivity index (χ1) is 40.4. The van der Waals surface area contributed by atoms with Crippen LogP contribution in [-0.2, 0) is 101 Å². The van der Waals surface area contributed by atoms with Crippen LogP contribution in [-0.4, -0.2) is 132 Å². The molecule has 4 rings (SSSR count). The number of carboxylic acid groups (broad SMARTS) is 4. The number of ether oxygens (including phenoxy) is 6. The molecule has 4 atom stereocenters. The van der Waals surface area contributed by atoms with Crippen molar-refractivity contribution < 1.29 is 96.6 Å². The van der Waals surface area contributed by atoms with E-state index < -0.39 is 95.7 Å². The average Bonchev–Trinajstić information content (AvgIpc) is 0.764. The molecule has 4 unspecified atom stereocenters. The van der Waals surface area contributed by atoms with Gasteiger partial charge in [-0.15, -0.1) is 0 Å². The van der Waals surface area contributed by atoms with Gasteiger partial charge in [-0.1, -0.05) is 0 Å². The molecule has 4 aromatic carbocycles. The van der Waals surface area contributed by atoms with E-state index in [0.717, 1.165) is 0 Å². The van der Waals surface area contributed by atoms with Gasteiger partial charge in [-0.25, -0.2) is 0 Å². The second kappa shape index (κ2) is 27.1. The third-order valence-corrected chi connectivity index (χ3v) is 23.5. The Bertz CT molecular complexity index is 2740.